The predicted octanol–water partition coefficient (Wildman–Crippen LogP) is -1.89. The molecule has 0 aromatic carbocycles. The van der Waals surface area contributed by atoms with Crippen LogP contribution in [0.1, 0.15) is 6.92 Å². The Labute approximate surface area is 97.2 Å². The molecule has 0 saturated heterocycles. The third kappa shape index (κ3) is 4.07. The maximum atomic E-state index is 10.6. The number of nitrogens with two attached hydrogens (primary N) is 2. The van der Waals surface area contributed by atoms with Gasteiger partial charge >= 0.3 is 6.01 Å². The van der Waals surface area contributed by atoms with Gasteiger partial charge in [-0.1, -0.05) is 0 Å². The fourth-order valence-electron chi connectivity index (χ4n) is 0.933. The molecular weight excluding hydrogens is 228 g/mol. The minimum absolute atomic E-state index is 0.0282. The molecule has 17 heavy (non-hydrogen) atoms. The number of aromatic nitrogens is 3. The first-order valence-electron chi connectivity index (χ1n) is 4.88. The summed E-state index contributed by atoms with van der Waals surface area (Å²) in [5.74, 6) is -0.773. The third-order valence-corrected chi connectivity index (χ3v) is 1.69. The molecule has 94 valence electrons. The lowest BCUT2D eigenvalue weighted by Crippen LogP contribution is -2.34. The van der Waals surface area contributed by atoms with Crippen molar-refractivity contribution in [2.75, 3.05) is 24.2 Å². The SMILES string of the molecule is CCOc1nc(N)nc(NCC(O)C(N)=O)n1. The van der Waals surface area contributed by atoms with E-state index in [2.05, 4.69) is 20.3 Å². The Morgan fingerprint density at radius 2 is 2.24 bits per heavy atom. The Kier molecular flexibility index (Phi) is 4.40. The van der Waals surface area contributed by atoms with E-state index in [1.165, 1.54) is 0 Å². The van der Waals surface area contributed by atoms with Crippen LogP contribution in [0.5, 0.6) is 6.01 Å². The van der Waals surface area contributed by atoms with Crippen LogP contribution in [0.3, 0.4) is 0 Å². The van der Waals surface area contributed by atoms with Gasteiger partial charge in [0.1, 0.15) is 6.10 Å². The summed E-state index contributed by atoms with van der Waals surface area (Å²) in [5, 5.41) is 11.8. The smallest absolute Gasteiger partial charge is 0.323 e. The largest absolute Gasteiger partial charge is 0.464 e. The van der Waals surface area contributed by atoms with Gasteiger partial charge in [0.25, 0.3) is 0 Å². The molecule has 9 heteroatoms. The van der Waals surface area contributed by atoms with Crippen molar-refractivity contribution in [3.8, 4) is 6.01 Å². The highest BCUT2D eigenvalue weighted by Gasteiger charge is 2.12. The van der Waals surface area contributed by atoms with Crippen LogP contribution < -0.4 is 21.5 Å². The number of rotatable bonds is 6. The van der Waals surface area contributed by atoms with Crippen molar-refractivity contribution in [3.63, 3.8) is 0 Å². The highest BCUT2D eigenvalue weighted by atomic mass is 16.5. The number of amides is 1. The summed E-state index contributed by atoms with van der Waals surface area (Å²) in [4.78, 5) is 21.9. The molecule has 0 radical (unpaired) electrons. The van der Waals surface area contributed by atoms with Gasteiger partial charge in [0.15, 0.2) is 0 Å². The van der Waals surface area contributed by atoms with E-state index in [9.17, 15) is 4.79 Å². The van der Waals surface area contributed by atoms with Crippen LogP contribution >= 0.6 is 0 Å². The molecule has 0 aliphatic heterocycles. The quantitative estimate of drug-likeness (QED) is 0.452. The van der Waals surface area contributed by atoms with Gasteiger partial charge in [0, 0.05) is 0 Å². The normalized spacial score (nSPS) is 11.9. The van der Waals surface area contributed by atoms with Gasteiger partial charge in [0.05, 0.1) is 13.2 Å². The number of anilines is 2. The van der Waals surface area contributed by atoms with Crippen LogP contribution in [0.15, 0.2) is 0 Å². The summed E-state index contributed by atoms with van der Waals surface area (Å²) in [6, 6.07) is 0.0658. The van der Waals surface area contributed by atoms with Gasteiger partial charge in [-0.25, -0.2) is 0 Å². The number of hydrogen-bond acceptors (Lipinski definition) is 8. The van der Waals surface area contributed by atoms with Crippen LogP contribution in [-0.4, -0.2) is 45.2 Å². The van der Waals surface area contributed by atoms with Crippen LogP contribution in [0.2, 0.25) is 0 Å². The Morgan fingerprint density at radius 3 is 2.82 bits per heavy atom. The zero-order valence-corrected chi connectivity index (χ0v) is 9.25. The topological polar surface area (TPSA) is 149 Å². The van der Waals surface area contributed by atoms with E-state index in [1.807, 2.05) is 0 Å². The molecule has 1 rings (SSSR count). The number of nitrogens with one attached hydrogen (secondary N) is 1. The Morgan fingerprint density at radius 1 is 1.53 bits per heavy atom. The lowest BCUT2D eigenvalue weighted by Gasteiger charge is -2.09. The van der Waals surface area contributed by atoms with Crippen molar-refractivity contribution in [2.45, 2.75) is 13.0 Å². The van der Waals surface area contributed by atoms with E-state index >= 15 is 0 Å². The van der Waals surface area contributed by atoms with E-state index in [0.29, 0.717) is 6.61 Å². The molecular formula is C8H14N6O3. The van der Waals surface area contributed by atoms with E-state index < -0.39 is 12.0 Å². The number of nitrogen functional groups attached to an aromatic ring is 1. The Bertz CT molecular complexity index is 399. The van der Waals surface area contributed by atoms with Crippen LogP contribution in [0.25, 0.3) is 0 Å². The number of carbonyl (C=O) groups is 1. The van der Waals surface area contributed by atoms with Crippen molar-refractivity contribution in [2.24, 2.45) is 5.73 Å². The van der Waals surface area contributed by atoms with Gasteiger partial charge in [-0.15, -0.1) is 0 Å². The molecule has 1 amide bonds. The van der Waals surface area contributed by atoms with Crippen molar-refractivity contribution in [3.05, 3.63) is 0 Å². The van der Waals surface area contributed by atoms with Crippen molar-refractivity contribution >= 4 is 17.8 Å². The van der Waals surface area contributed by atoms with Gasteiger partial charge < -0.3 is 26.6 Å². The molecule has 0 saturated carbocycles. The summed E-state index contributed by atoms with van der Waals surface area (Å²) < 4.78 is 5.05. The first-order valence-corrected chi connectivity index (χ1v) is 4.88. The second-order valence-corrected chi connectivity index (χ2v) is 3.03. The molecule has 1 atom stereocenters. The average molecular weight is 242 g/mol. The molecule has 0 aliphatic rings. The summed E-state index contributed by atoms with van der Waals surface area (Å²) in [6.07, 6.45) is -1.33. The van der Waals surface area contributed by atoms with E-state index in [4.69, 9.17) is 21.3 Å². The van der Waals surface area contributed by atoms with Gasteiger partial charge in [0.2, 0.25) is 17.8 Å². The Balaban J connectivity index is 2.67. The standard InChI is InChI=1S/C8H14N6O3/c1-2-17-8-13-6(10)12-7(14-8)11-3-4(15)5(9)16/h4,15H,2-3H2,1H3,(H2,9,16)(H3,10,11,12,13,14). The highest BCUT2D eigenvalue weighted by molar-refractivity contribution is 5.79. The zero-order valence-electron chi connectivity index (χ0n) is 9.25. The maximum Gasteiger partial charge on any atom is 0.323 e. The third-order valence-electron chi connectivity index (χ3n) is 1.69. The molecule has 1 unspecified atom stereocenters. The summed E-state index contributed by atoms with van der Waals surface area (Å²) in [5.41, 5.74) is 10.3. The Hall–Kier alpha value is -2.16. The molecule has 1 aromatic rings. The minimum atomic E-state index is -1.33. The first kappa shape index (κ1) is 12.9. The zero-order chi connectivity index (χ0) is 12.8. The monoisotopic (exact) mass is 242 g/mol. The molecule has 0 bridgehead atoms. The molecule has 0 spiro atoms. The summed E-state index contributed by atoms with van der Waals surface area (Å²) in [7, 11) is 0. The first-order chi connectivity index (χ1) is 8.02. The van der Waals surface area contributed by atoms with Crippen LogP contribution in [0, 0.1) is 0 Å². The van der Waals surface area contributed by atoms with Gasteiger partial charge in [-0.3, -0.25) is 4.79 Å². The van der Waals surface area contributed by atoms with Gasteiger partial charge in [-0.05, 0) is 6.92 Å². The number of carbonyl (C=O) groups excluding carboxylic acids is 1. The molecule has 9 nitrogen and oxygen atoms in total. The summed E-state index contributed by atoms with van der Waals surface area (Å²) in [6.45, 7) is 2.03. The number of aliphatic hydroxyl groups excluding tert-OH is 1. The minimum Gasteiger partial charge on any atom is -0.464 e. The molecule has 0 fully saturated rings. The highest BCUT2D eigenvalue weighted by Crippen LogP contribution is 2.08. The van der Waals surface area contributed by atoms with Crippen LogP contribution in [-0.2, 0) is 4.79 Å². The fraction of sp³-hybridized carbons (Fsp3) is 0.500. The molecule has 6 N–H and O–H groups in total. The second-order valence-electron chi connectivity index (χ2n) is 3.03. The number of aliphatic hydroxyl groups is 1. The molecule has 1 aromatic heterocycles. The number of primary amides is 1. The number of nitrogens with zero attached hydrogens (tertiary/aromatic N) is 3. The van der Waals surface area contributed by atoms with Crippen LogP contribution in [0.4, 0.5) is 11.9 Å². The van der Waals surface area contributed by atoms with Gasteiger partial charge in [-0.2, -0.15) is 15.0 Å². The van der Waals surface area contributed by atoms with Crippen molar-refractivity contribution < 1.29 is 14.6 Å². The predicted molar refractivity (Wildman–Crippen MR) is 59.1 cm³/mol. The second kappa shape index (κ2) is 5.80. The van der Waals surface area contributed by atoms with Crippen molar-refractivity contribution in [1.82, 2.24) is 15.0 Å². The number of hydrogen-bond donors (Lipinski definition) is 4. The van der Waals surface area contributed by atoms with Crippen molar-refractivity contribution in [1.29, 1.82) is 0 Å². The maximum absolute atomic E-state index is 10.6. The van der Waals surface area contributed by atoms with E-state index in [1.54, 1.807) is 6.92 Å². The fourth-order valence-corrected chi connectivity index (χ4v) is 0.933. The molecule has 0 aliphatic carbocycles. The lowest BCUT2D eigenvalue weighted by atomic mass is 10.3. The summed E-state index contributed by atoms with van der Waals surface area (Å²) >= 11 is 0. The van der Waals surface area contributed by atoms with E-state index in [-0.39, 0.29) is 24.5 Å². The lowest BCUT2D eigenvalue weighted by molar-refractivity contribution is -0.125. The number of ether oxygens (including phenoxy) is 1. The average Bonchev–Trinajstić information content (AvgIpc) is 2.25. The molecule has 1 heterocycles. The van der Waals surface area contributed by atoms with E-state index in [0.717, 1.165) is 0 Å².